The third-order valence-corrected chi connectivity index (χ3v) is 5.69. The van der Waals surface area contributed by atoms with Gasteiger partial charge in [0.1, 0.15) is 5.82 Å². The summed E-state index contributed by atoms with van der Waals surface area (Å²) in [4.78, 5) is 12.1. The van der Waals surface area contributed by atoms with E-state index in [-0.39, 0.29) is 22.2 Å². The molecule has 0 aliphatic carbocycles. The van der Waals surface area contributed by atoms with Crippen molar-refractivity contribution in [1.29, 1.82) is 0 Å². The van der Waals surface area contributed by atoms with Crippen molar-refractivity contribution < 1.29 is 18.7 Å². The van der Waals surface area contributed by atoms with Crippen LogP contribution in [0.4, 0.5) is 4.39 Å². The molecule has 1 amide bonds. The number of nitrogens with zero attached hydrogens (tertiary/aromatic N) is 4. The largest absolute Gasteiger partial charge is 0.493 e. The number of hydrazone groups is 1. The van der Waals surface area contributed by atoms with Gasteiger partial charge in [-0.1, -0.05) is 29.4 Å². The van der Waals surface area contributed by atoms with Gasteiger partial charge in [-0.15, -0.1) is 10.2 Å². The fourth-order valence-corrected chi connectivity index (χ4v) is 3.84. The van der Waals surface area contributed by atoms with Gasteiger partial charge in [-0.3, -0.25) is 4.79 Å². The minimum Gasteiger partial charge on any atom is -0.493 e. The van der Waals surface area contributed by atoms with Crippen LogP contribution in [-0.2, 0) is 11.3 Å². The Morgan fingerprint density at radius 1 is 1.25 bits per heavy atom. The molecule has 8 nitrogen and oxygen atoms in total. The van der Waals surface area contributed by atoms with Crippen LogP contribution in [0.15, 0.2) is 46.7 Å². The molecule has 0 fully saturated rings. The second kappa shape index (κ2) is 11.0. The minimum absolute atomic E-state index is 0.0480. The SMILES string of the molecule is CCn1c(SCC(=O)N/N=C\c2c(F)cccc2Cl)nnc1-c1ccc(OC)c(OC)c1. The molecule has 0 aliphatic rings. The first-order chi connectivity index (χ1) is 15.5. The summed E-state index contributed by atoms with van der Waals surface area (Å²) in [5, 5.41) is 13.0. The van der Waals surface area contributed by atoms with Gasteiger partial charge in [0.2, 0.25) is 0 Å². The molecule has 0 atom stereocenters. The van der Waals surface area contributed by atoms with Gasteiger partial charge in [0.25, 0.3) is 5.91 Å². The van der Waals surface area contributed by atoms with E-state index in [4.69, 9.17) is 21.1 Å². The first kappa shape index (κ1) is 23.6. The lowest BCUT2D eigenvalue weighted by Gasteiger charge is -2.10. The van der Waals surface area contributed by atoms with Crippen LogP contribution in [-0.4, -0.2) is 46.9 Å². The van der Waals surface area contributed by atoms with Crippen LogP contribution in [0.3, 0.4) is 0 Å². The third-order valence-electron chi connectivity index (χ3n) is 4.39. The van der Waals surface area contributed by atoms with Crippen LogP contribution in [0.5, 0.6) is 11.5 Å². The Bertz CT molecular complexity index is 1120. The smallest absolute Gasteiger partial charge is 0.250 e. The zero-order valence-corrected chi connectivity index (χ0v) is 19.2. The molecule has 0 radical (unpaired) electrons. The number of amides is 1. The van der Waals surface area contributed by atoms with Crippen molar-refractivity contribution in [3.63, 3.8) is 0 Å². The van der Waals surface area contributed by atoms with Crippen molar-refractivity contribution in [2.45, 2.75) is 18.6 Å². The zero-order valence-electron chi connectivity index (χ0n) is 17.6. The van der Waals surface area contributed by atoms with Crippen LogP contribution in [0.25, 0.3) is 11.4 Å². The van der Waals surface area contributed by atoms with Gasteiger partial charge in [-0.2, -0.15) is 5.10 Å². The molecule has 0 aliphatic heterocycles. The van der Waals surface area contributed by atoms with Crippen LogP contribution >= 0.6 is 23.4 Å². The van der Waals surface area contributed by atoms with Gasteiger partial charge >= 0.3 is 0 Å². The number of aromatic nitrogens is 3. The van der Waals surface area contributed by atoms with E-state index in [1.165, 1.54) is 36.2 Å². The quantitative estimate of drug-likeness (QED) is 0.284. The highest BCUT2D eigenvalue weighted by molar-refractivity contribution is 7.99. The molecule has 1 aromatic heterocycles. The first-order valence-corrected chi connectivity index (χ1v) is 10.9. The van der Waals surface area contributed by atoms with Crippen molar-refractivity contribution >= 4 is 35.5 Å². The molecular weight excluding hydrogens is 457 g/mol. The highest BCUT2D eigenvalue weighted by Gasteiger charge is 2.16. The number of methoxy groups -OCH3 is 2. The number of carbonyl (C=O) groups is 1. The maximum absolute atomic E-state index is 13.7. The summed E-state index contributed by atoms with van der Waals surface area (Å²) >= 11 is 7.14. The predicted octanol–water partition coefficient (Wildman–Crippen LogP) is 4.02. The predicted molar refractivity (Wildman–Crippen MR) is 122 cm³/mol. The Morgan fingerprint density at radius 2 is 2.03 bits per heavy atom. The minimum atomic E-state index is -0.524. The highest BCUT2D eigenvalue weighted by Crippen LogP contribution is 2.32. The second-order valence-corrected chi connectivity index (χ2v) is 7.69. The topological polar surface area (TPSA) is 90.6 Å². The van der Waals surface area contributed by atoms with Crippen molar-refractivity contribution in [2.24, 2.45) is 5.10 Å². The van der Waals surface area contributed by atoms with E-state index >= 15 is 0 Å². The summed E-state index contributed by atoms with van der Waals surface area (Å²) in [6, 6.07) is 9.77. The lowest BCUT2D eigenvalue weighted by atomic mass is 10.2. The molecule has 168 valence electrons. The standard InChI is InChI=1S/C21H21ClFN5O3S/c1-4-28-20(13-8-9-17(30-2)18(10-13)31-3)26-27-21(28)32-12-19(29)25-24-11-14-15(22)6-5-7-16(14)23/h5-11H,4,12H2,1-3H3,(H,25,29)/b24-11-. The van der Waals surface area contributed by atoms with E-state index in [0.717, 1.165) is 5.56 Å². The Hall–Kier alpha value is -3.11. The lowest BCUT2D eigenvalue weighted by molar-refractivity contribution is -0.118. The van der Waals surface area contributed by atoms with Gasteiger partial charge < -0.3 is 14.0 Å². The van der Waals surface area contributed by atoms with Gasteiger partial charge in [-0.05, 0) is 37.3 Å². The Kier molecular flexibility index (Phi) is 8.07. The number of nitrogens with one attached hydrogen (secondary N) is 1. The Labute approximate surface area is 193 Å². The molecule has 11 heteroatoms. The fourth-order valence-electron chi connectivity index (χ4n) is 2.83. The molecule has 0 bridgehead atoms. The first-order valence-electron chi connectivity index (χ1n) is 9.52. The summed E-state index contributed by atoms with van der Waals surface area (Å²) < 4.78 is 26.3. The summed E-state index contributed by atoms with van der Waals surface area (Å²) in [5.74, 6) is 0.982. The fraction of sp³-hybridized carbons (Fsp3) is 0.238. The average Bonchev–Trinajstić information content (AvgIpc) is 3.22. The summed E-state index contributed by atoms with van der Waals surface area (Å²) in [5.41, 5.74) is 3.27. The number of hydrogen-bond donors (Lipinski definition) is 1. The van der Waals surface area contributed by atoms with E-state index < -0.39 is 5.82 Å². The number of halogens is 2. The summed E-state index contributed by atoms with van der Waals surface area (Å²) in [6.07, 6.45) is 1.17. The molecule has 0 saturated carbocycles. The van der Waals surface area contributed by atoms with E-state index in [9.17, 15) is 9.18 Å². The van der Waals surface area contributed by atoms with Crippen molar-refractivity contribution in [3.8, 4) is 22.9 Å². The summed E-state index contributed by atoms with van der Waals surface area (Å²) in [7, 11) is 3.13. The monoisotopic (exact) mass is 477 g/mol. The third kappa shape index (κ3) is 5.38. The number of rotatable bonds is 9. The van der Waals surface area contributed by atoms with Gasteiger partial charge in [0.05, 0.1) is 31.2 Å². The molecule has 0 spiro atoms. The maximum Gasteiger partial charge on any atom is 0.250 e. The Balaban J connectivity index is 1.67. The van der Waals surface area contributed by atoms with E-state index in [0.29, 0.717) is 29.0 Å². The van der Waals surface area contributed by atoms with Crippen LogP contribution in [0, 0.1) is 5.82 Å². The number of carbonyl (C=O) groups excluding carboxylic acids is 1. The van der Waals surface area contributed by atoms with Crippen molar-refractivity contribution in [3.05, 3.63) is 52.8 Å². The number of ether oxygens (including phenoxy) is 2. The second-order valence-electron chi connectivity index (χ2n) is 6.34. The van der Waals surface area contributed by atoms with Crippen LogP contribution in [0.1, 0.15) is 12.5 Å². The Morgan fingerprint density at radius 3 is 2.72 bits per heavy atom. The molecule has 0 unspecified atom stereocenters. The van der Waals surface area contributed by atoms with Crippen molar-refractivity contribution in [1.82, 2.24) is 20.2 Å². The van der Waals surface area contributed by atoms with E-state index in [1.807, 2.05) is 23.6 Å². The van der Waals surface area contributed by atoms with Gasteiger partial charge in [0, 0.05) is 17.7 Å². The van der Waals surface area contributed by atoms with E-state index in [1.54, 1.807) is 20.3 Å². The molecule has 32 heavy (non-hydrogen) atoms. The molecular formula is C21H21ClFN5O3S. The molecule has 0 saturated heterocycles. The molecule has 3 aromatic rings. The van der Waals surface area contributed by atoms with Crippen molar-refractivity contribution in [2.75, 3.05) is 20.0 Å². The maximum atomic E-state index is 13.7. The van der Waals surface area contributed by atoms with Gasteiger partial charge in [0.15, 0.2) is 22.5 Å². The average molecular weight is 478 g/mol. The summed E-state index contributed by atoms with van der Waals surface area (Å²) in [6.45, 7) is 2.56. The molecule has 1 heterocycles. The number of hydrogen-bond acceptors (Lipinski definition) is 7. The zero-order chi connectivity index (χ0) is 23.1. The van der Waals surface area contributed by atoms with Crippen LogP contribution < -0.4 is 14.9 Å². The van der Waals surface area contributed by atoms with E-state index in [2.05, 4.69) is 20.7 Å². The van der Waals surface area contributed by atoms with Gasteiger partial charge in [-0.25, -0.2) is 9.82 Å². The lowest BCUT2D eigenvalue weighted by Crippen LogP contribution is -2.20. The van der Waals surface area contributed by atoms with Crippen LogP contribution in [0.2, 0.25) is 5.02 Å². The number of benzene rings is 2. The number of thioether (sulfide) groups is 1. The molecule has 3 rings (SSSR count). The molecule has 2 aromatic carbocycles. The highest BCUT2D eigenvalue weighted by atomic mass is 35.5. The molecule has 1 N–H and O–H groups in total. The normalized spacial score (nSPS) is 11.0.